The van der Waals surface area contributed by atoms with Gasteiger partial charge in [-0.25, -0.2) is 0 Å². The SMILES string of the molecule is CCc1ccc(CNCCCc2ccc(N)cc2)s1. The highest BCUT2D eigenvalue weighted by molar-refractivity contribution is 7.11. The molecule has 2 aromatic rings. The largest absolute Gasteiger partial charge is 0.399 e. The Morgan fingerprint density at radius 3 is 2.47 bits per heavy atom. The Kier molecular flexibility index (Phi) is 5.43. The molecule has 19 heavy (non-hydrogen) atoms. The smallest absolute Gasteiger partial charge is 0.0314 e. The highest BCUT2D eigenvalue weighted by atomic mass is 32.1. The van der Waals surface area contributed by atoms with Crippen LogP contribution in [-0.2, 0) is 19.4 Å². The van der Waals surface area contributed by atoms with Crippen LogP contribution in [0.15, 0.2) is 36.4 Å². The van der Waals surface area contributed by atoms with Gasteiger partial charge in [0.2, 0.25) is 0 Å². The summed E-state index contributed by atoms with van der Waals surface area (Å²) in [5.41, 5.74) is 7.87. The maximum absolute atomic E-state index is 5.67. The Morgan fingerprint density at radius 1 is 1.05 bits per heavy atom. The van der Waals surface area contributed by atoms with Gasteiger partial charge in [0.1, 0.15) is 0 Å². The Morgan fingerprint density at radius 2 is 1.79 bits per heavy atom. The molecule has 0 amide bonds. The van der Waals surface area contributed by atoms with Gasteiger partial charge in [-0.3, -0.25) is 0 Å². The maximum Gasteiger partial charge on any atom is 0.0314 e. The summed E-state index contributed by atoms with van der Waals surface area (Å²) < 4.78 is 0. The lowest BCUT2D eigenvalue weighted by molar-refractivity contribution is 0.654. The molecule has 1 aromatic heterocycles. The molecule has 1 aromatic carbocycles. The number of anilines is 1. The van der Waals surface area contributed by atoms with E-state index in [1.807, 2.05) is 23.5 Å². The summed E-state index contributed by atoms with van der Waals surface area (Å²) in [5, 5.41) is 3.51. The summed E-state index contributed by atoms with van der Waals surface area (Å²) in [7, 11) is 0. The van der Waals surface area contributed by atoms with Gasteiger partial charge in [0, 0.05) is 22.0 Å². The first-order valence-corrected chi connectivity index (χ1v) is 7.72. The molecule has 0 bridgehead atoms. The number of aryl methyl sites for hydroxylation is 2. The zero-order valence-electron chi connectivity index (χ0n) is 11.5. The van der Waals surface area contributed by atoms with Gasteiger partial charge in [0.25, 0.3) is 0 Å². The van der Waals surface area contributed by atoms with Gasteiger partial charge in [-0.15, -0.1) is 11.3 Å². The van der Waals surface area contributed by atoms with Crippen LogP contribution in [0.1, 0.15) is 28.7 Å². The molecule has 1 heterocycles. The molecule has 0 aliphatic carbocycles. The van der Waals surface area contributed by atoms with Crippen molar-refractivity contribution in [1.82, 2.24) is 5.32 Å². The number of rotatable bonds is 7. The highest BCUT2D eigenvalue weighted by Gasteiger charge is 1.98. The van der Waals surface area contributed by atoms with Gasteiger partial charge in [-0.2, -0.15) is 0 Å². The zero-order valence-corrected chi connectivity index (χ0v) is 12.3. The standard InChI is InChI=1S/C16H22N2S/c1-2-15-9-10-16(19-15)12-18-11-3-4-13-5-7-14(17)8-6-13/h5-10,18H,2-4,11-12,17H2,1H3. The molecular formula is C16H22N2S. The van der Waals surface area contributed by atoms with E-state index in [-0.39, 0.29) is 0 Å². The third-order valence-electron chi connectivity index (χ3n) is 3.16. The van der Waals surface area contributed by atoms with Crippen LogP contribution >= 0.6 is 11.3 Å². The van der Waals surface area contributed by atoms with E-state index in [0.717, 1.165) is 38.0 Å². The van der Waals surface area contributed by atoms with E-state index in [4.69, 9.17) is 5.73 Å². The van der Waals surface area contributed by atoms with Crippen LogP contribution < -0.4 is 11.1 Å². The molecule has 0 saturated carbocycles. The predicted octanol–water partition coefficient (Wildman–Crippen LogP) is 3.62. The Balaban J connectivity index is 1.63. The summed E-state index contributed by atoms with van der Waals surface area (Å²) in [5.74, 6) is 0. The number of nitrogens with two attached hydrogens (primary N) is 1. The average Bonchev–Trinajstić information content (AvgIpc) is 2.88. The van der Waals surface area contributed by atoms with Gasteiger partial charge >= 0.3 is 0 Å². The number of nitrogen functional groups attached to an aromatic ring is 1. The number of benzene rings is 1. The van der Waals surface area contributed by atoms with Gasteiger partial charge in [-0.05, 0) is 55.6 Å². The van der Waals surface area contributed by atoms with Crippen LogP contribution in [0.3, 0.4) is 0 Å². The molecule has 2 nitrogen and oxygen atoms in total. The van der Waals surface area contributed by atoms with Crippen molar-refractivity contribution in [3.05, 3.63) is 51.7 Å². The van der Waals surface area contributed by atoms with Crippen molar-refractivity contribution in [2.75, 3.05) is 12.3 Å². The summed E-state index contributed by atoms with van der Waals surface area (Å²) >= 11 is 1.91. The lowest BCUT2D eigenvalue weighted by atomic mass is 10.1. The maximum atomic E-state index is 5.67. The summed E-state index contributed by atoms with van der Waals surface area (Å²) in [4.78, 5) is 2.91. The Hall–Kier alpha value is -1.32. The molecule has 3 N–H and O–H groups in total. The predicted molar refractivity (Wildman–Crippen MR) is 84.6 cm³/mol. The second-order valence-corrected chi connectivity index (χ2v) is 6.00. The topological polar surface area (TPSA) is 38.0 Å². The van der Waals surface area contributed by atoms with Gasteiger partial charge in [0.15, 0.2) is 0 Å². The lowest BCUT2D eigenvalue weighted by Crippen LogP contribution is -2.14. The van der Waals surface area contributed by atoms with Gasteiger partial charge < -0.3 is 11.1 Å². The van der Waals surface area contributed by atoms with E-state index in [1.165, 1.54) is 15.3 Å². The quantitative estimate of drug-likeness (QED) is 0.598. The lowest BCUT2D eigenvalue weighted by Gasteiger charge is -2.04. The minimum absolute atomic E-state index is 0.839. The minimum atomic E-state index is 0.839. The fraction of sp³-hybridized carbons (Fsp3) is 0.375. The first-order valence-electron chi connectivity index (χ1n) is 6.90. The van der Waals surface area contributed by atoms with Crippen molar-refractivity contribution in [3.63, 3.8) is 0 Å². The second-order valence-electron chi connectivity index (χ2n) is 4.74. The van der Waals surface area contributed by atoms with E-state index in [9.17, 15) is 0 Å². The number of nitrogens with one attached hydrogen (secondary N) is 1. The van der Waals surface area contributed by atoms with Crippen molar-refractivity contribution in [2.24, 2.45) is 0 Å². The second kappa shape index (κ2) is 7.31. The molecule has 0 saturated heterocycles. The van der Waals surface area contributed by atoms with E-state index in [1.54, 1.807) is 0 Å². The molecule has 0 atom stereocenters. The molecule has 0 fully saturated rings. The Bertz CT molecular complexity index is 488. The molecule has 3 heteroatoms. The molecule has 0 radical (unpaired) electrons. The summed E-state index contributed by atoms with van der Waals surface area (Å²) in [6.45, 7) is 4.26. The molecule has 0 aliphatic heterocycles. The molecule has 0 unspecified atom stereocenters. The normalized spacial score (nSPS) is 10.8. The van der Waals surface area contributed by atoms with E-state index >= 15 is 0 Å². The van der Waals surface area contributed by atoms with Gasteiger partial charge in [-0.1, -0.05) is 19.1 Å². The third-order valence-corrected chi connectivity index (χ3v) is 4.39. The van der Waals surface area contributed by atoms with Crippen molar-refractivity contribution in [3.8, 4) is 0 Å². The van der Waals surface area contributed by atoms with Crippen LogP contribution in [0.5, 0.6) is 0 Å². The van der Waals surface area contributed by atoms with Crippen LogP contribution in [0.4, 0.5) is 5.69 Å². The van der Waals surface area contributed by atoms with E-state index in [2.05, 4.69) is 36.5 Å². The monoisotopic (exact) mass is 274 g/mol. The van der Waals surface area contributed by atoms with Crippen LogP contribution in [0.25, 0.3) is 0 Å². The van der Waals surface area contributed by atoms with E-state index < -0.39 is 0 Å². The Labute approximate surface area is 119 Å². The zero-order chi connectivity index (χ0) is 13.5. The molecule has 102 valence electrons. The minimum Gasteiger partial charge on any atom is -0.399 e. The number of thiophene rings is 1. The van der Waals surface area contributed by atoms with Crippen LogP contribution in [-0.4, -0.2) is 6.54 Å². The molecule has 0 aliphatic rings. The fourth-order valence-corrected chi connectivity index (χ4v) is 2.95. The molecule has 0 spiro atoms. The number of hydrogen-bond acceptors (Lipinski definition) is 3. The summed E-state index contributed by atoms with van der Waals surface area (Å²) in [6, 6.07) is 12.6. The van der Waals surface area contributed by atoms with Crippen LogP contribution in [0.2, 0.25) is 0 Å². The summed E-state index contributed by atoms with van der Waals surface area (Å²) in [6.07, 6.45) is 3.41. The van der Waals surface area contributed by atoms with Crippen molar-refractivity contribution < 1.29 is 0 Å². The van der Waals surface area contributed by atoms with Gasteiger partial charge in [0.05, 0.1) is 0 Å². The first kappa shape index (κ1) is 14.1. The fourth-order valence-electron chi connectivity index (χ4n) is 2.02. The highest BCUT2D eigenvalue weighted by Crippen LogP contribution is 2.16. The third kappa shape index (κ3) is 4.69. The van der Waals surface area contributed by atoms with E-state index in [0.29, 0.717) is 0 Å². The molecular weight excluding hydrogens is 252 g/mol. The first-order chi connectivity index (χ1) is 9.28. The van der Waals surface area contributed by atoms with Crippen molar-refractivity contribution in [2.45, 2.75) is 32.7 Å². The molecule has 2 rings (SSSR count). The van der Waals surface area contributed by atoms with Crippen molar-refractivity contribution >= 4 is 17.0 Å². The number of hydrogen-bond donors (Lipinski definition) is 2. The van der Waals surface area contributed by atoms with Crippen molar-refractivity contribution in [1.29, 1.82) is 0 Å². The van der Waals surface area contributed by atoms with Crippen LogP contribution in [0, 0.1) is 0 Å². The average molecular weight is 274 g/mol.